The number of piperazine rings is 1. The molecule has 1 saturated carbocycles. The van der Waals surface area contributed by atoms with E-state index in [1.807, 2.05) is 0 Å². The molecule has 5 heteroatoms. The monoisotopic (exact) mass is 285 g/mol. The van der Waals surface area contributed by atoms with Crippen LogP contribution in [0, 0.1) is 0 Å². The highest BCUT2D eigenvalue weighted by atomic mass is 35.5. The standard InChI is InChI=1S/C13H17Cl2N3/c14-12-7-13(15)16-8-10(12)9-17-3-5-18(6-4-17)11-1-2-11/h7-8,11H,1-6,9H2. The van der Waals surface area contributed by atoms with Gasteiger partial charge < -0.3 is 0 Å². The molecule has 0 N–H and O–H groups in total. The Hall–Kier alpha value is -0.350. The summed E-state index contributed by atoms with van der Waals surface area (Å²) in [4.78, 5) is 9.15. The highest BCUT2D eigenvalue weighted by Crippen LogP contribution is 2.28. The van der Waals surface area contributed by atoms with E-state index in [9.17, 15) is 0 Å². The molecule has 0 aromatic carbocycles. The zero-order chi connectivity index (χ0) is 12.5. The van der Waals surface area contributed by atoms with E-state index in [2.05, 4.69) is 14.8 Å². The van der Waals surface area contributed by atoms with Gasteiger partial charge in [0, 0.05) is 55.5 Å². The zero-order valence-electron chi connectivity index (χ0n) is 10.3. The Balaban J connectivity index is 1.56. The number of pyridine rings is 1. The van der Waals surface area contributed by atoms with Gasteiger partial charge in [-0.25, -0.2) is 4.98 Å². The molecular formula is C13H17Cl2N3. The second kappa shape index (κ2) is 5.33. The molecule has 2 fully saturated rings. The van der Waals surface area contributed by atoms with Crippen molar-refractivity contribution in [1.82, 2.24) is 14.8 Å². The fourth-order valence-electron chi connectivity index (χ4n) is 2.52. The van der Waals surface area contributed by atoms with Crippen LogP contribution in [-0.2, 0) is 6.54 Å². The van der Waals surface area contributed by atoms with Gasteiger partial charge in [0.2, 0.25) is 0 Å². The summed E-state index contributed by atoms with van der Waals surface area (Å²) in [5.74, 6) is 0. The number of nitrogens with zero attached hydrogens (tertiary/aromatic N) is 3. The van der Waals surface area contributed by atoms with Gasteiger partial charge in [-0.3, -0.25) is 9.80 Å². The summed E-state index contributed by atoms with van der Waals surface area (Å²) in [6.45, 7) is 5.49. The molecule has 0 amide bonds. The minimum atomic E-state index is 0.460. The van der Waals surface area contributed by atoms with Crippen LogP contribution in [0.1, 0.15) is 18.4 Å². The van der Waals surface area contributed by atoms with Crippen LogP contribution < -0.4 is 0 Å². The van der Waals surface area contributed by atoms with E-state index < -0.39 is 0 Å². The van der Waals surface area contributed by atoms with Gasteiger partial charge in [-0.2, -0.15) is 0 Å². The Labute approximate surface area is 118 Å². The van der Waals surface area contributed by atoms with Gasteiger partial charge in [0.25, 0.3) is 0 Å². The molecule has 3 nitrogen and oxygen atoms in total. The Morgan fingerprint density at radius 3 is 2.50 bits per heavy atom. The van der Waals surface area contributed by atoms with Crippen molar-refractivity contribution < 1.29 is 0 Å². The normalized spacial score (nSPS) is 22.3. The molecule has 0 bridgehead atoms. The average molecular weight is 286 g/mol. The fourth-order valence-corrected chi connectivity index (χ4v) is 2.94. The van der Waals surface area contributed by atoms with Gasteiger partial charge in [-0.05, 0) is 18.9 Å². The third kappa shape index (κ3) is 2.97. The molecule has 0 unspecified atom stereocenters. The Kier molecular flexibility index (Phi) is 3.76. The third-order valence-corrected chi connectivity index (χ3v) is 4.32. The van der Waals surface area contributed by atoms with E-state index >= 15 is 0 Å². The SMILES string of the molecule is Clc1cc(Cl)c(CN2CCN(C3CC3)CC2)cn1. The van der Waals surface area contributed by atoms with Crippen LogP contribution in [0.5, 0.6) is 0 Å². The molecule has 3 rings (SSSR count). The van der Waals surface area contributed by atoms with Crippen LogP contribution in [0.2, 0.25) is 10.2 Å². The van der Waals surface area contributed by atoms with E-state index in [-0.39, 0.29) is 0 Å². The molecule has 1 aromatic heterocycles. The molecule has 1 aromatic rings. The van der Waals surface area contributed by atoms with Crippen molar-refractivity contribution in [2.75, 3.05) is 26.2 Å². The van der Waals surface area contributed by atoms with Crippen molar-refractivity contribution in [1.29, 1.82) is 0 Å². The number of hydrogen-bond acceptors (Lipinski definition) is 3. The van der Waals surface area contributed by atoms with Crippen molar-refractivity contribution >= 4 is 23.2 Å². The van der Waals surface area contributed by atoms with Crippen molar-refractivity contribution in [2.45, 2.75) is 25.4 Å². The van der Waals surface area contributed by atoms with Crippen molar-refractivity contribution in [3.63, 3.8) is 0 Å². The average Bonchev–Trinajstić information content (AvgIpc) is 3.18. The van der Waals surface area contributed by atoms with Crippen LogP contribution in [0.3, 0.4) is 0 Å². The fraction of sp³-hybridized carbons (Fsp3) is 0.615. The summed E-state index contributed by atoms with van der Waals surface area (Å²) in [6.07, 6.45) is 4.58. The van der Waals surface area contributed by atoms with Gasteiger partial charge in [0.05, 0.1) is 0 Å². The summed E-state index contributed by atoms with van der Waals surface area (Å²) < 4.78 is 0. The van der Waals surface area contributed by atoms with Crippen LogP contribution in [0.25, 0.3) is 0 Å². The first-order valence-corrected chi connectivity index (χ1v) is 7.24. The van der Waals surface area contributed by atoms with Crippen LogP contribution in [0.4, 0.5) is 0 Å². The lowest BCUT2D eigenvalue weighted by atomic mass is 10.2. The lowest BCUT2D eigenvalue weighted by molar-refractivity contribution is 0.121. The van der Waals surface area contributed by atoms with E-state index in [4.69, 9.17) is 23.2 Å². The van der Waals surface area contributed by atoms with Gasteiger partial charge >= 0.3 is 0 Å². The summed E-state index contributed by atoms with van der Waals surface area (Å²) in [5, 5.41) is 1.18. The molecule has 0 radical (unpaired) electrons. The smallest absolute Gasteiger partial charge is 0.130 e. The van der Waals surface area contributed by atoms with Crippen LogP contribution in [-0.4, -0.2) is 47.0 Å². The second-order valence-corrected chi connectivity index (χ2v) is 5.94. The molecule has 1 saturated heterocycles. The van der Waals surface area contributed by atoms with Crippen LogP contribution >= 0.6 is 23.2 Å². The van der Waals surface area contributed by atoms with E-state index in [0.717, 1.165) is 36.3 Å². The number of halogens is 2. The predicted molar refractivity (Wildman–Crippen MR) is 74.1 cm³/mol. The molecule has 1 aliphatic heterocycles. The summed E-state index contributed by atoms with van der Waals surface area (Å²) in [5.41, 5.74) is 1.07. The summed E-state index contributed by atoms with van der Waals surface area (Å²) in [6, 6.07) is 2.60. The Morgan fingerprint density at radius 2 is 1.89 bits per heavy atom. The van der Waals surface area contributed by atoms with Gasteiger partial charge in [0.15, 0.2) is 0 Å². The maximum atomic E-state index is 6.18. The third-order valence-electron chi connectivity index (χ3n) is 3.76. The Morgan fingerprint density at radius 1 is 1.17 bits per heavy atom. The highest BCUT2D eigenvalue weighted by molar-refractivity contribution is 6.34. The minimum absolute atomic E-state index is 0.460. The van der Waals surface area contributed by atoms with Crippen molar-refractivity contribution in [2.24, 2.45) is 0 Å². The first-order valence-electron chi connectivity index (χ1n) is 6.49. The highest BCUT2D eigenvalue weighted by Gasteiger charge is 2.31. The molecular weight excluding hydrogens is 269 g/mol. The molecule has 0 atom stereocenters. The van der Waals surface area contributed by atoms with Gasteiger partial charge in [0.1, 0.15) is 5.15 Å². The largest absolute Gasteiger partial charge is 0.298 e. The van der Waals surface area contributed by atoms with E-state index in [1.165, 1.54) is 25.9 Å². The van der Waals surface area contributed by atoms with E-state index in [1.54, 1.807) is 12.3 Å². The van der Waals surface area contributed by atoms with Crippen LogP contribution in [0.15, 0.2) is 12.3 Å². The maximum Gasteiger partial charge on any atom is 0.130 e. The zero-order valence-corrected chi connectivity index (χ0v) is 11.8. The topological polar surface area (TPSA) is 19.4 Å². The molecule has 2 aliphatic rings. The molecule has 1 aliphatic carbocycles. The number of hydrogen-bond donors (Lipinski definition) is 0. The predicted octanol–water partition coefficient (Wildman–Crippen LogP) is 2.67. The maximum absolute atomic E-state index is 6.18. The molecule has 98 valence electrons. The first kappa shape index (κ1) is 12.7. The molecule has 0 spiro atoms. The summed E-state index contributed by atoms with van der Waals surface area (Å²) in [7, 11) is 0. The lowest BCUT2D eigenvalue weighted by Crippen LogP contribution is -2.46. The van der Waals surface area contributed by atoms with E-state index in [0.29, 0.717) is 5.15 Å². The molecule has 2 heterocycles. The second-order valence-electron chi connectivity index (χ2n) is 5.14. The Bertz CT molecular complexity index is 426. The first-order chi connectivity index (χ1) is 8.72. The van der Waals surface area contributed by atoms with Crippen molar-refractivity contribution in [3.05, 3.63) is 28.0 Å². The van der Waals surface area contributed by atoms with Crippen molar-refractivity contribution in [3.8, 4) is 0 Å². The molecule has 18 heavy (non-hydrogen) atoms. The van der Waals surface area contributed by atoms with Gasteiger partial charge in [-0.1, -0.05) is 23.2 Å². The minimum Gasteiger partial charge on any atom is -0.298 e. The summed E-state index contributed by atoms with van der Waals surface area (Å²) >= 11 is 12.0. The van der Waals surface area contributed by atoms with Gasteiger partial charge in [-0.15, -0.1) is 0 Å². The lowest BCUT2D eigenvalue weighted by Gasteiger charge is -2.34. The number of aromatic nitrogens is 1. The quantitative estimate of drug-likeness (QED) is 0.796. The number of rotatable bonds is 3.